The topological polar surface area (TPSA) is 91.5 Å². The molecule has 7 nitrogen and oxygen atoms in total. The number of rotatable bonds is 5. The summed E-state index contributed by atoms with van der Waals surface area (Å²) in [4.78, 5) is 7.99. The SMILES string of the molecule is Nc1nc(Nc2cccc(Oc3ccccc3)c2)nc(-c2ccc3c(c2)OCO3)c1C(F)(F)F. The van der Waals surface area contributed by atoms with Crippen LogP contribution in [0.2, 0.25) is 0 Å². The first kappa shape index (κ1) is 21.4. The van der Waals surface area contributed by atoms with E-state index in [4.69, 9.17) is 19.9 Å². The van der Waals surface area contributed by atoms with Crippen molar-refractivity contribution in [2.24, 2.45) is 0 Å². The number of benzene rings is 3. The molecule has 34 heavy (non-hydrogen) atoms. The van der Waals surface area contributed by atoms with Gasteiger partial charge in [0.05, 0.1) is 5.69 Å². The minimum atomic E-state index is -4.77. The van der Waals surface area contributed by atoms with E-state index in [1.54, 1.807) is 36.4 Å². The Hall–Kier alpha value is -4.47. The minimum absolute atomic E-state index is 0.00890. The second-order valence-electron chi connectivity index (χ2n) is 7.29. The Kier molecular flexibility index (Phi) is 5.33. The summed E-state index contributed by atoms with van der Waals surface area (Å²) in [5, 5.41) is 2.91. The second-order valence-corrected chi connectivity index (χ2v) is 7.29. The van der Waals surface area contributed by atoms with Crippen LogP contribution in [-0.2, 0) is 6.18 Å². The zero-order valence-corrected chi connectivity index (χ0v) is 17.5. The molecule has 0 amide bonds. The highest BCUT2D eigenvalue weighted by atomic mass is 19.4. The minimum Gasteiger partial charge on any atom is -0.457 e. The van der Waals surface area contributed by atoms with Crippen LogP contribution >= 0.6 is 0 Å². The normalized spacial score (nSPS) is 12.4. The van der Waals surface area contributed by atoms with Crippen LogP contribution in [0.1, 0.15) is 5.56 Å². The van der Waals surface area contributed by atoms with E-state index in [9.17, 15) is 13.2 Å². The zero-order valence-electron chi connectivity index (χ0n) is 17.5. The Morgan fingerprint density at radius 3 is 2.41 bits per heavy atom. The van der Waals surface area contributed by atoms with Crippen molar-refractivity contribution in [3.8, 4) is 34.3 Å². The number of nitrogens with two attached hydrogens (primary N) is 1. The first-order valence-corrected chi connectivity index (χ1v) is 10.1. The van der Waals surface area contributed by atoms with Gasteiger partial charge >= 0.3 is 6.18 Å². The number of nitrogens with one attached hydrogen (secondary N) is 1. The summed E-state index contributed by atoms with van der Waals surface area (Å²) in [6.07, 6.45) is -4.77. The fraction of sp³-hybridized carbons (Fsp3) is 0.0833. The maximum absolute atomic E-state index is 13.8. The molecule has 0 unspecified atom stereocenters. The van der Waals surface area contributed by atoms with Gasteiger partial charge in [0, 0.05) is 17.3 Å². The van der Waals surface area contributed by atoms with Crippen LogP contribution in [0.4, 0.5) is 30.6 Å². The second kappa shape index (κ2) is 8.47. The average Bonchev–Trinajstić information content (AvgIpc) is 3.27. The molecule has 0 spiro atoms. The van der Waals surface area contributed by atoms with Gasteiger partial charge in [0.2, 0.25) is 12.7 Å². The van der Waals surface area contributed by atoms with E-state index in [0.717, 1.165) is 0 Å². The maximum atomic E-state index is 13.8. The van der Waals surface area contributed by atoms with E-state index in [-0.39, 0.29) is 24.0 Å². The molecule has 0 radical (unpaired) electrons. The van der Waals surface area contributed by atoms with Crippen molar-refractivity contribution in [1.29, 1.82) is 0 Å². The summed E-state index contributed by atoms with van der Waals surface area (Å²) < 4.78 is 57.8. The van der Waals surface area contributed by atoms with Gasteiger partial charge < -0.3 is 25.3 Å². The zero-order chi connectivity index (χ0) is 23.7. The number of nitrogens with zero attached hydrogens (tertiary/aromatic N) is 2. The molecule has 0 saturated carbocycles. The molecule has 4 aromatic rings. The van der Waals surface area contributed by atoms with Crippen molar-refractivity contribution in [1.82, 2.24) is 9.97 Å². The number of halogens is 3. The number of alkyl halides is 3. The third kappa shape index (κ3) is 4.38. The lowest BCUT2D eigenvalue weighted by atomic mass is 10.1. The Morgan fingerprint density at radius 1 is 0.853 bits per heavy atom. The molecule has 0 saturated heterocycles. The smallest absolute Gasteiger partial charge is 0.422 e. The van der Waals surface area contributed by atoms with E-state index < -0.39 is 17.6 Å². The van der Waals surface area contributed by atoms with E-state index >= 15 is 0 Å². The van der Waals surface area contributed by atoms with Gasteiger partial charge in [0.15, 0.2) is 11.5 Å². The highest BCUT2D eigenvalue weighted by Gasteiger charge is 2.38. The number of anilines is 3. The lowest BCUT2D eigenvalue weighted by molar-refractivity contribution is -0.136. The van der Waals surface area contributed by atoms with Crippen LogP contribution in [0, 0.1) is 0 Å². The molecule has 1 aliphatic rings. The van der Waals surface area contributed by atoms with E-state index in [1.165, 1.54) is 18.2 Å². The molecule has 1 aliphatic heterocycles. The summed E-state index contributed by atoms with van der Waals surface area (Å²) in [7, 11) is 0. The van der Waals surface area contributed by atoms with Gasteiger partial charge in [-0.05, 0) is 42.5 Å². The number of para-hydroxylation sites is 1. The average molecular weight is 466 g/mol. The third-order valence-electron chi connectivity index (χ3n) is 4.94. The molecule has 0 aliphatic carbocycles. The quantitative estimate of drug-likeness (QED) is 0.372. The van der Waals surface area contributed by atoms with Crippen molar-refractivity contribution in [3.63, 3.8) is 0 Å². The van der Waals surface area contributed by atoms with Gasteiger partial charge in [0.25, 0.3) is 0 Å². The van der Waals surface area contributed by atoms with E-state index in [0.29, 0.717) is 28.7 Å². The van der Waals surface area contributed by atoms with Crippen LogP contribution in [0.15, 0.2) is 72.8 Å². The summed E-state index contributed by atoms with van der Waals surface area (Å²) in [6.45, 7) is -0.00890. The first-order valence-electron chi connectivity index (χ1n) is 10.1. The Bertz CT molecular complexity index is 1350. The lowest BCUT2D eigenvalue weighted by Gasteiger charge is -2.16. The molecule has 0 fully saturated rings. The molecule has 2 heterocycles. The van der Waals surface area contributed by atoms with Crippen LogP contribution in [-0.4, -0.2) is 16.8 Å². The fourth-order valence-electron chi connectivity index (χ4n) is 3.46. The molecular formula is C24H17F3N4O3. The lowest BCUT2D eigenvalue weighted by Crippen LogP contribution is -2.15. The van der Waals surface area contributed by atoms with Crippen LogP contribution in [0.25, 0.3) is 11.3 Å². The summed E-state index contributed by atoms with van der Waals surface area (Å²) in [5.41, 5.74) is 4.91. The number of fused-ring (bicyclic) bond motifs is 1. The number of ether oxygens (including phenoxy) is 3. The van der Waals surface area contributed by atoms with Gasteiger partial charge in [-0.3, -0.25) is 0 Å². The molecular weight excluding hydrogens is 449 g/mol. The van der Waals surface area contributed by atoms with Crippen LogP contribution in [0.3, 0.4) is 0 Å². The molecule has 3 aromatic carbocycles. The monoisotopic (exact) mass is 466 g/mol. The standard InChI is InChI=1S/C24H17F3N4O3/c25-24(26,27)20-21(14-9-10-18-19(11-14)33-13-32-18)30-23(31-22(20)28)29-15-5-4-8-17(12-15)34-16-6-2-1-3-7-16/h1-12H,13H2,(H3,28,29,30,31). The number of nitrogen functional groups attached to an aromatic ring is 1. The molecule has 3 N–H and O–H groups in total. The van der Waals surface area contributed by atoms with Gasteiger partial charge in [-0.2, -0.15) is 18.2 Å². The molecule has 172 valence electrons. The largest absolute Gasteiger partial charge is 0.457 e. The number of hydrogen-bond donors (Lipinski definition) is 2. The van der Waals surface area contributed by atoms with Crippen molar-refractivity contribution < 1.29 is 27.4 Å². The summed E-state index contributed by atoms with van der Waals surface area (Å²) in [6, 6.07) is 20.4. The van der Waals surface area contributed by atoms with Crippen molar-refractivity contribution in [2.75, 3.05) is 17.8 Å². The Labute approximate surface area is 191 Å². The third-order valence-corrected chi connectivity index (χ3v) is 4.94. The Morgan fingerprint density at radius 2 is 1.62 bits per heavy atom. The Balaban J connectivity index is 1.50. The first-order chi connectivity index (χ1) is 16.4. The predicted molar refractivity (Wildman–Crippen MR) is 119 cm³/mol. The van der Waals surface area contributed by atoms with Crippen LogP contribution in [0.5, 0.6) is 23.0 Å². The predicted octanol–water partition coefficient (Wildman–Crippen LogP) is 6.01. The molecule has 0 bridgehead atoms. The number of aromatic nitrogens is 2. The highest BCUT2D eigenvalue weighted by molar-refractivity contribution is 5.73. The molecule has 0 atom stereocenters. The summed E-state index contributed by atoms with van der Waals surface area (Å²) >= 11 is 0. The molecule has 10 heteroatoms. The van der Waals surface area contributed by atoms with Gasteiger partial charge in [-0.15, -0.1) is 0 Å². The van der Waals surface area contributed by atoms with Gasteiger partial charge in [-0.1, -0.05) is 24.3 Å². The van der Waals surface area contributed by atoms with Crippen molar-refractivity contribution >= 4 is 17.5 Å². The molecule has 1 aromatic heterocycles. The van der Waals surface area contributed by atoms with Crippen molar-refractivity contribution in [3.05, 3.63) is 78.4 Å². The molecule has 5 rings (SSSR count). The van der Waals surface area contributed by atoms with Crippen LogP contribution < -0.4 is 25.3 Å². The van der Waals surface area contributed by atoms with Crippen molar-refractivity contribution in [2.45, 2.75) is 6.18 Å². The van der Waals surface area contributed by atoms with E-state index in [2.05, 4.69) is 15.3 Å². The maximum Gasteiger partial charge on any atom is 0.422 e. The summed E-state index contributed by atoms with van der Waals surface area (Å²) in [5.74, 6) is 1.12. The van der Waals surface area contributed by atoms with Gasteiger partial charge in [0.1, 0.15) is 22.9 Å². The highest BCUT2D eigenvalue weighted by Crippen LogP contribution is 2.42. The fourth-order valence-corrected chi connectivity index (χ4v) is 3.46. The van der Waals surface area contributed by atoms with Gasteiger partial charge in [-0.25, -0.2) is 4.98 Å². The number of hydrogen-bond acceptors (Lipinski definition) is 7. The van der Waals surface area contributed by atoms with E-state index in [1.807, 2.05) is 18.2 Å².